The summed E-state index contributed by atoms with van der Waals surface area (Å²) in [5.41, 5.74) is 7.14. The van der Waals surface area contributed by atoms with Crippen LogP contribution in [0, 0.1) is 0 Å². The minimum atomic E-state index is -0.297. The number of fused-ring (bicyclic) bond motifs is 1. The van der Waals surface area contributed by atoms with Crippen LogP contribution in [0.4, 0.5) is 11.4 Å². The molecule has 1 aromatic carbocycles. The molecule has 0 saturated heterocycles. The molecule has 3 N–H and O–H groups in total. The van der Waals surface area contributed by atoms with Gasteiger partial charge in [-0.25, -0.2) is 0 Å². The van der Waals surface area contributed by atoms with Crippen molar-refractivity contribution < 1.29 is 18.7 Å². The number of anilines is 2. The van der Waals surface area contributed by atoms with E-state index in [0.29, 0.717) is 28.4 Å². The van der Waals surface area contributed by atoms with E-state index in [9.17, 15) is 4.79 Å². The number of ether oxygens (including phenoxy) is 2. The van der Waals surface area contributed by atoms with Gasteiger partial charge in [0.2, 0.25) is 6.79 Å². The van der Waals surface area contributed by atoms with E-state index in [0.717, 1.165) is 0 Å². The third-order valence-electron chi connectivity index (χ3n) is 2.58. The summed E-state index contributed by atoms with van der Waals surface area (Å²) in [5, 5.41) is 2.68. The molecule has 0 unspecified atom stereocenters. The van der Waals surface area contributed by atoms with Crippen LogP contribution in [-0.4, -0.2) is 12.7 Å². The zero-order chi connectivity index (χ0) is 12.5. The highest BCUT2D eigenvalue weighted by Crippen LogP contribution is 2.38. The lowest BCUT2D eigenvalue weighted by atomic mass is 10.2. The van der Waals surface area contributed by atoms with Crippen molar-refractivity contribution in [1.82, 2.24) is 0 Å². The Balaban J connectivity index is 1.87. The van der Waals surface area contributed by atoms with Crippen LogP contribution in [0.5, 0.6) is 11.5 Å². The number of hydrogen-bond donors (Lipinski definition) is 2. The van der Waals surface area contributed by atoms with Crippen LogP contribution in [-0.2, 0) is 0 Å². The van der Waals surface area contributed by atoms with Gasteiger partial charge >= 0.3 is 0 Å². The predicted octanol–water partition coefficient (Wildman–Crippen LogP) is 1.84. The van der Waals surface area contributed by atoms with Gasteiger partial charge in [0.1, 0.15) is 6.26 Å². The Morgan fingerprint density at radius 1 is 1.28 bits per heavy atom. The molecule has 1 aliphatic rings. The van der Waals surface area contributed by atoms with Crippen molar-refractivity contribution in [3.8, 4) is 11.5 Å². The molecule has 92 valence electrons. The van der Waals surface area contributed by atoms with Crippen molar-refractivity contribution in [3.05, 3.63) is 36.3 Å². The third kappa shape index (κ3) is 1.73. The van der Waals surface area contributed by atoms with Crippen LogP contribution in [0.15, 0.2) is 35.1 Å². The summed E-state index contributed by atoms with van der Waals surface area (Å²) < 4.78 is 15.2. The van der Waals surface area contributed by atoms with Crippen molar-refractivity contribution >= 4 is 17.3 Å². The average Bonchev–Trinajstić information content (AvgIpc) is 2.98. The van der Waals surface area contributed by atoms with Gasteiger partial charge in [0.15, 0.2) is 11.5 Å². The number of carbonyl (C=O) groups is 1. The molecule has 0 saturated carbocycles. The SMILES string of the molecule is Nc1cc2c(cc1NC(=O)c1ccoc1)OCO2. The first-order valence-electron chi connectivity index (χ1n) is 5.27. The fourth-order valence-electron chi connectivity index (χ4n) is 1.65. The van der Waals surface area contributed by atoms with E-state index >= 15 is 0 Å². The molecular formula is C12H10N2O4. The Labute approximate surface area is 102 Å². The number of rotatable bonds is 2. The number of carbonyl (C=O) groups excluding carboxylic acids is 1. The highest BCUT2D eigenvalue weighted by Gasteiger charge is 2.17. The zero-order valence-electron chi connectivity index (χ0n) is 9.30. The van der Waals surface area contributed by atoms with Crippen molar-refractivity contribution in [3.63, 3.8) is 0 Å². The van der Waals surface area contributed by atoms with Crippen molar-refractivity contribution in [1.29, 1.82) is 0 Å². The van der Waals surface area contributed by atoms with Gasteiger partial charge in [-0.1, -0.05) is 0 Å². The van der Waals surface area contributed by atoms with Crippen molar-refractivity contribution in [2.45, 2.75) is 0 Å². The van der Waals surface area contributed by atoms with E-state index in [1.807, 2.05) is 0 Å². The Morgan fingerprint density at radius 2 is 2.06 bits per heavy atom. The first-order valence-corrected chi connectivity index (χ1v) is 5.27. The Morgan fingerprint density at radius 3 is 2.78 bits per heavy atom. The van der Waals surface area contributed by atoms with Gasteiger partial charge in [0.05, 0.1) is 23.2 Å². The molecule has 0 atom stereocenters. The summed E-state index contributed by atoms with van der Waals surface area (Å²) in [6, 6.07) is 4.82. The number of benzene rings is 1. The summed E-state index contributed by atoms with van der Waals surface area (Å²) in [7, 11) is 0. The van der Waals surface area contributed by atoms with E-state index < -0.39 is 0 Å². The molecule has 6 nitrogen and oxygen atoms in total. The lowest BCUT2D eigenvalue weighted by molar-refractivity contribution is 0.102. The van der Waals surface area contributed by atoms with E-state index in [-0.39, 0.29) is 12.7 Å². The van der Waals surface area contributed by atoms with Gasteiger partial charge in [0, 0.05) is 12.1 Å². The monoisotopic (exact) mass is 246 g/mol. The zero-order valence-corrected chi connectivity index (χ0v) is 9.30. The maximum absolute atomic E-state index is 11.8. The number of nitrogen functional groups attached to an aromatic ring is 1. The van der Waals surface area contributed by atoms with Crippen LogP contribution in [0.1, 0.15) is 10.4 Å². The molecule has 0 fully saturated rings. The summed E-state index contributed by atoms with van der Waals surface area (Å²) in [4.78, 5) is 11.8. The van der Waals surface area contributed by atoms with E-state index in [1.165, 1.54) is 12.5 Å². The van der Waals surface area contributed by atoms with Crippen LogP contribution in [0.3, 0.4) is 0 Å². The Bertz CT molecular complexity index is 592. The van der Waals surface area contributed by atoms with E-state index in [1.54, 1.807) is 18.2 Å². The fourth-order valence-corrected chi connectivity index (χ4v) is 1.65. The molecule has 3 rings (SSSR count). The molecule has 2 heterocycles. The molecule has 0 bridgehead atoms. The summed E-state index contributed by atoms with van der Waals surface area (Å²) >= 11 is 0. The molecule has 1 aromatic heterocycles. The van der Waals surface area contributed by atoms with Crippen LogP contribution < -0.4 is 20.5 Å². The molecule has 0 radical (unpaired) electrons. The average molecular weight is 246 g/mol. The first-order chi connectivity index (χ1) is 8.74. The lowest BCUT2D eigenvalue weighted by Gasteiger charge is -2.08. The fraction of sp³-hybridized carbons (Fsp3) is 0.0833. The maximum Gasteiger partial charge on any atom is 0.258 e. The minimum Gasteiger partial charge on any atom is -0.472 e. The topological polar surface area (TPSA) is 86.7 Å². The van der Waals surface area contributed by atoms with Gasteiger partial charge in [-0.3, -0.25) is 4.79 Å². The highest BCUT2D eigenvalue weighted by molar-refractivity contribution is 6.05. The predicted molar refractivity (Wildman–Crippen MR) is 63.6 cm³/mol. The summed E-state index contributed by atoms with van der Waals surface area (Å²) in [6.45, 7) is 0.161. The summed E-state index contributed by atoms with van der Waals surface area (Å²) in [6.07, 6.45) is 2.79. The second kappa shape index (κ2) is 3.99. The van der Waals surface area contributed by atoms with Crippen LogP contribution >= 0.6 is 0 Å². The molecular weight excluding hydrogens is 236 g/mol. The van der Waals surface area contributed by atoms with Gasteiger partial charge in [-0.15, -0.1) is 0 Å². The standard InChI is InChI=1S/C12H10N2O4/c13-8-3-10-11(18-6-17-10)4-9(8)14-12(15)7-1-2-16-5-7/h1-5H,6,13H2,(H,14,15). The first kappa shape index (κ1) is 10.5. The van der Waals surface area contributed by atoms with Gasteiger partial charge in [-0.2, -0.15) is 0 Å². The van der Waals surface area contributed by atoms with Crippen molar-refractivity contribution in [2.24, 2.45) is 0 Å². The second-order valence-electron chi connectivity index (χ2n) is 3.76. The third-order valence-corrected chi connectivity index (χ3v) is 2.58. The van der Waals surface area contributed by atoms with Gasteiger partial charge in [0.25, 0.3) is 5.91 Å². The van der Waals surface area contributed by atoms with Gasteiger partial charge in [-0.05, 0) is 6.07 Å². The van der Waals surface area contributed by atoms with E-state index in [2.05, 4.69) is 5.32 Å². The molecule has 1 aliphatic heterocycles. The normalized spacial score (nSPS) is 12.4. The molecule has 2 aromatic rings. The molecule has 18 heavy (non-hydrogen) atoms. The molecule has 6 heteroatoms. The van der Waals surface area contributed by atoms with E-state index in [4.69, 9.17) is 19.6 Å². The largest absolute Gasteiger partial charge is 0.472 e. The second-order valence-corrected chi connectivity index (χ2v) is 3.76. The molecule has 1 amide bonds. The van der Waals surface area contributed by atoms with Crippen LogP contribution in [0.25, 0.3) is 0 Å². The Hall–Kier alpha value is -2.63. The molecule has 0 aliphatic carbocycles. The number of nitrogens with one attached hydrogen (secondary N) is 1. The minimum absolute atomic E-state index is 0.161. The lowest BCUT2D eigenvalue weighted by Crippen LogP contribution is -2.12. The molecule has 0 spiro atoms. The van der Waals surface area contributed by atoms with Crippen molar-refractivity contribution in [2.75, 3.05) is 17.8 Å². The van der Waals surface area contributed by atoms with Gasteiger partial charge < -0.3 is 24.9 Å². The number of hydrogen-bond acceptors (Lipinski definition) is 5. The Kier molecular flexibility index (Phi) is 2.33. The quantitative estimate of drug-likeness (QED) is 0.789. The highest BCUT2D eigenvalue weighted by atomic mass is 16.7. The van der Waals surface area contributed by atoms with Crippen LogP contribution in [0.2, 0.25) is 0 Å². The number of furan rings is 1. The number of amides is 1. The summed E-state index contributed by atoms with van der Waals surface area (Å²) in [5.74, 6) is 0.842. The number of nitrogens with two attached hydrogens (primary N) is 1. The smallest absolute Gasteiger partial charge is 0.258 e. The maximum atomic E-state index is 11.8.